The summed E-state index contributed by atoms with van der Waals surface area (Å²) in [5, 5.41) is 10.5. The largest absolute Gasteiger partial charge is 0.238 e. The second-order valence-electron chi connectivity index (χ2n) is 7.68. The Labute approximate surface area is 180 Å². The summed E-state index contributed by atoms with van der Waals surface area (Å²) in [6.45, 7) is 4.37. The third-order valence-corrected chi connectivity index (χ3v) is 7.31. The van der Waals surface area contributed by atoms with E-state index >= 15 is 0 Å². The van der Waals surface area contributed by atoms with Gasteiger partial charge in [-0.05, 0) is 48.1 Å². The number of rotatable bonds is 11. The zero-order valence-corrected chi connectivity index (χ0v) is 19.3. The summed E-state index contributed by atoms with van der Waals surface area (Å²) in [7, 11) is -8.00. The van der Waals surface area contributed by atoms with E-state index in [-0.39, 0.29) is 15.4 Å². The molecule has 2 aromatic rings. The van der Waals surface area contributed by atoms with E-state index in [1.165, 1.54) is 49.8 Å². The molecule has 8 heteroatoms. The molecule has 0 radical (unpaired) electrons. The topological polar surface area (TPSA) is 120 Å². The first-order valence-electron chi connectivity index (χ1n) is 10.4. The van der Waals surface area contributed by atoms with E-state index in [2.05, 4.69) is 13.8 Å². The van der Waals surface area contributed by atoms with E-state index in [4.69, 9.17) is 10.3 Å². The summed E-state index contributed by atoms with van der Waals surface area (Å²) < 4.78 is 47.4. The van der Waals surface area contributed by atoms with Crippen molar-refractivity contribution in [1.82, 2.24) is 0 Å². The number of hydrogen-bond donors (Lipinski definition) is 2. The Morgan fingerprint density at radius 2 is 1.43 bits per heavy atom. The summed E-state index contributed by atoms with van der Waals surface area (Å²) in [5.41, 5.74) is 1.99. The van der Waals surface area contributed by atoms with Crippen molar-refractivity contribution in [2.75, 3.05) is 0 Å². The molecule has 2 aromatic carbocycles. The molecule has 0 aliphatic carbocycles. The Balaban J connectivity index is 2.32. The van der Waals surface area contributed by atoms with Crippen LogP contribution in [0.5, 0.6) is 0 Å². The zero-order valence-electron chi connectivity index (χ0n) is 17.7. The van der Waals surface area contributed by atoms with Crippen molar-refractivity contribution in [2.24, 2.45) is 10.3 Å². The first kappa shape index (κ1) is 24.5. The van der Waals surface area contributed by atoms with Crippen LogP contribution in [0.15, 0.2) is 52.3 Å². The van der Waals surface area contributed by atoms with E-state index in [1.54, 1.807) is 0 Å². The Bertz CT molecular complexity index is 1050. The van der Waals surface area contributed by atoms with Gasteiger partial charge < -0.3 is 0 Å². The number of nitrogens with two attached hydrogens (primary N) is 2. The maximum Gasteiger partial charge on any atom is 0.238 e. The molecular formula is C22H32N2O4S2. The molecule has 1 atom stereocenters. The maximum atomic E-state index is 12.0. The first-order valence-corrected chi connectivity index (χ1v) is 13.5. The van der Waals surface area contributed by atoms with Crippen LogP contribution in [0.4, 0.5) is 0 Å². The smallest absolute Gasteiger partial charge is 0.225 e. The number of unbranched alkanes of at least 4 members (excludes halogenated alkanes) is 4. The van der Waals surface area contributed by atoms with Crippen LogP contribution in [0.25, 0.3) is 11.1 Å². The molecule has 0 fully saturated rings. The minimum absolute atomic E-state index is 0.134. The first-order chi connectivity index (χ1) is 14.1. The van der Waals surface area contributed by atoms with Crippen LogP contribution in [0.3, 0.4) is 0 Å². The van der Waals surface area contributed by atoms with Crippen molar-refractivity contribution >= 4 is 20.0 Å². The van der Waals surface area contributed by atoms with E-state index in [0.717, 1.165) is 18.9 Å². The van der Waals surface area contributed by atoms with Crippen LogP contribution in [0.2, 0.25) is 0 Å². The molecule has 0 aliphatic heterocycles. The summed E-state index contributed by atoms with van der Waals surface area (Å²) in [5.74, 6) is 0.439. The average molecular weight is 453 g/mol. The Morgan fingerprint density at radius 3 is 1.97 bits per heavy atom. The second-order valence-corrected chi connectivity index (χ2v) is 10.8. The van der Waals surface area contributed by atoms with Crippen LogP contribution in [0, 0.1) is 0 Å². The van der Waals surface area contributed by atoms with Crippen LogP contribution in [-0.2, 0) is 20.0 Å². The van der Waals surface area contributed by atoms with Gasteiger partial charge in [0.25, 0.3) is 0 Å². The molecule has 0 bridgehead atoms. The van der Waals surface area contributed by atoms with E-state index in [1.807, 2.05) is 24.3 Å². The molecule has 2 rings (SSSR count). The van der Waals surface area contributed by atoms with Gasteiger partial charge in [0, 0.05) is 5.56 Å². The van der Waals surface area contributed by atoms with Gasteiger partial charge in [-0.15, -0.1) is 0 Å². The molecule has 4 N–H and O–H groups in total. The maximum absolute atomic E-state index is 12.0. The predicted octanol–water partition coefficient (Wildman–Crippen LogP) is 4.50. The quantitative estimate of drug-likeness (QED) is 0.487. The second kappa shape index (κ2) is 10.5. The van der Waals surface area contributed by atoms with Gasteiger partial charge in [-0.1, -0.05) is 70.2 Å². The SMILES string of the molecule is CCCCCCCC(CC)c1ccc(-c2cc(S(N)(=O)=O)ccc2S(N)(=O)=O)cc1. The molecule has 6 nitrogen and oxygen atoms in total. The average Bonchev–Trinajstić information content (AvgIpc) is 2.69. The molecule has 166 valence electrons. The number of primary sulfonamides is 2. The fourth-order valence-corrected chi connectivity index (χ4v) is 4.98. The van der Waals surface area contributed by atoms with E-state index in [0.29, 0.717) is 11.5 Å². The van der Waals surface area contributed by atoms with Gasteiger partial charge in [0.1, 0.15) is 0 Å². The van der Waals surface area contributed by atoms with E-state index in [9.17, 15) is 16.8 Å². The van der Waals surface area contributed by atoms with Crippen molar-refractivity contribution < 1.29 is 16.8 Å². The van der Waals surface area contributed by atoms with Gasteiger partial charge in [0.15, 0.2) is 0 Å². The number of sulfonamides is 2. The fourth-order valence-electron chi connectivity index (χ4n) is 3.70. The van der Waals surface area contributed by atoms with Gasteiger partial charge >= 0.3 is 0 Å². The van der Waals surface area contributed by atoms with Crippen LogP contribution >= 0.6 is 0 Å². The highest BCUT2D eigenvalue weighted by atomic mass is 32.2. The lowest BCUT2D eigenvalue weighted by Gasteiger charge is -2.16. The highest BCUT2D eigenvalue weighted by molar-refractivity contribution is 7.89. The van der Waals surface area contributed by atoms with Gasteiger partial charge in [0.05, 0.1) is 9.79 Å². The van der Waals surface area contributed by atoms with Gasteiger partial charge in [0.2, 0.25) is 20.0 Å². The van der Waals surface area contributed by atoms with Crippen molar-refractivity contribution in [3.8, 4) is 11.1 Å². The van der Waals surface area contributed by atoms with Crippen LogP contribution in [-0.4, -0.2) is 16.8 Å². The number of benzene rings is 2. The molecule has 1 unspecified atom stereocenters. The van der Waals surface area contributed by atoms with Crippen LogP contribution in [0.1, 0.15) is 70.3 Å². The Hall–Kier alpha value is -1.74. The van der Waals surface area contributed by atoms with E-state index < -0.39 is 20.0 Å². The highest BCUT2D eigenvalue weighted by Crippen LogP contribution is 2.32. The Kier molecular flexibility index (Phi) is 8.61. The minimum Gasteiger partial charge on any atom is -0.225 e. The number of hydrogen-bond acceptors (Lipinski definition) is 4. The molecule has 30 heavy (non-hydrogen) atoms. The molecule has 0 saturated heterocycles. The van der Waals surface area contributed by atoms with Crippen molar-refractivity contribution in [2.45, 2.75) is 74.5 Å². The molecule has 0 spiro atoms. The summed E-state index contributed by atoms with van der Waals surface area (Å²) in [6, 6.07) is 11.2. The summed E-state index contributed by atoms with van der Waals surface area (Å²) in [4.78, 5) is -0.293. The monoisotopic (exact) mass is 452 g/mol. The lowest BCUT2D eigenvalue weighted by molar-refractivity contribution is 0.535. The van der Waals surface area contributed by atoms with Gasteiger partial charge in [-0.2, -0.15) is 0 Å². The zero-order chi connectivity index (χ0) is 22.4. The minimum atomic E-state index is -4.03. The highest BCUT2D eigenvalue weighted by Gasteiger charge is 2.19. The van der Waals surface area contributed by atoms with Gasteiger partial charge in [-0.25, -0.2) is 27.1 Å². The van der Waals surface area contributed by atoms with Crippen molar-refractivity contribution in [1.29, 1.82) is 0 Å². The fraction of sp³-hybridized carbons (Fsp3) is 0.455. The summed E-state index contributed by atoms with van der Waals surface area (Å²) >= 11 is 0. The predicted molar refractivity (Wildman–Crippen MR) is 121 cm³/mol. The molecule has 0 amide bonds. The lowest BCUT2D eigenvalue weighted by Crippen LogP contribution is -2.16. The van der Waals surface area contributed by atoms with Crippen LogP contribution < -0.4 is 10.3 Å². The van der Waals surface area contributed by atoms with Crippen molar-refractivity contribution in [3.63, 3.8) is 0 Å². The standard InChI is InChI=1S/C22H32N2O4S2/c1-3-5-6-7-8-9-17(4-2)18-10-12-19(13-11-18)21-16-20(29(23,25)26)14-15-22(21)30(24,27)28/h10-17H,3-9H2,1-2H3,(H2,23,25,26)(H2,24,27,28). The summed E-state index contributed by atoms with van der Waals surface area (Å²) in [6.07, 6.45) is 8.33. The van der Waals surface area contributed by atoms with Crippen molar-refractivity contribution in [3.05, 3.63) is 48.0 Å². The molecular weight excluding hydrogens is 420 g/mol. The Morgan fingerprint density at radius 1 is 0.800 bits per heavy atom. The molecule has 0 aromatic heterocycles. The molecule has 0 heterocycles. The molecule has 0 saturated carbocycles. The third-order valence-electron chi connectivity index (χ3n) is 5.43. The lowest BCUT2D eigenvalue weighted by atomic mass is 9.89. The molecule has 0 aliphatic rings. The third kappa shape index (κ3) is 6.63. The normalized spacial score (nSPS) is 13.3. The van der Waals surface area contributed by atoms with Gasteiger partial charge in [-0.3, -0.25) is 0 Å².